The van der Waals surface area contributed by atoms with Gasteiger partial charge >= 0.3 is 0 Å². The maximum Gasteiger partial charge on any atom is 0.239 e. The summed E-state index contributed by atoms with van der Waals surface area (Å²) in [4.78, 5) is 29.9. The van der Waals surface area contributed by atoms with Gasteiger partial charge in [-0.15, -0.1) is 0 Å². The summed E-state index contributed by atoms with van der Waals surface area (Å²) in [6, 6.07) is 6.84. The number of nitrogens with zero attached hydrogens (tertiary/aromatic N) is 2. The van der Waals surface area contributed by atoms with E-state index < -0.39 is 12.1 Å². The van der Waals surface area contributed by atoms with Crippen molar-refractivity contribution in [2.45, 2.75) is 142 Å². The average molecular weight is 677 g/mol. The molecule has 0 saturated carbocycles. The van der Waals surface area contributed by atoms with Gasteiger partial charge in [0.15, 0.2) is 0 Å². The van der Waals surface area contributed by atoms with Crippen molar-refractivity contribution >= 4 is 11.8 Å². The molecule has 10 heteroatoms. The zero-order valence-electron chi connectivity index (χ0n) is 30.7. The van der Waals surface area contributed by atoms with Gasteiger partial charge in [0.2, 0.25) is 11.8 Å². The van der Waals surface area contributed by atoms with Gasteiger partial charge in [-0.3, -0.25) is 9.59 Å². The van der Waals surface area contributed by atoms with Crippen LogP contribution in [0.1, 0.15) is 129 Å². The summed E-state index contributed by atoms with van der Waals surface area (Å²) >= 11 is 0. The van der Waals surface area contributed by atoms with Crippen molar-refractivity contribution in [1.29, 1.82) is 0 Å². The minimum atomic E-state index is -0.445. The molecule has 0 aliphatic rings. The average Bonchev–Trinajstić information content (AvgIpc) is 3.09. The van der Waals surface area contributed by atoms with E-state index in [-0.39, 0.29) is 11.8 Å². The van der Waals surface area contributed by atoms with E-state index in [1.54, 1.807) is 0 Å². The molecule has 0 radical (unpaired) electrons. The smallest absolute Gasteiger partial charge is 0.239 e. The van der Waals surface area contributed by atoms with Crippen LogP contribution in [0.2, 0.25) is 0 Å². The van der Waals surface area contributed by atoms with Gasteiger partial charge < -0.3 is 42.2 Å². The molecule has 0 spiro atoms. The summed E-state index contributed by atoms with van der Waals surface area (Å²) in [6.07, 6.45) is 17.4. The van der Waals surface area contributed by atoms with E-state index in [0.717, 1.165) is 102 Å². The van der Waals surface area contributed by atoms with E-state index in [0.29, 0.717) is 52.2 Å². The second-order valence-electron chi connectivity index (χ2n) is 13.1. The Labute approximate surface area is 293 Å². The molecule has 0 aromatic heterocycles. The van der Waals surface area contributed by atoms with Gasteiger partial charge in [-0.2, -0.15) is 0 Å². The van der Waals surface area contributed by atoms with Gasteiger partial charge in [0.1, 0.15) is 11.5 Å². The Morgan fingerprint density at radius 2 is 0.896 bits per heavy atom. The van der Waals surface area contributed by atoms with Crippen molar-refractivity contribution in [2.75, 3.05) is 52.5 Å². The van der Waals surface area contributed by atoms with Crippen molar-refractivity contribution in [3.63, 3.8) is 0 Å². The number of nitrogens with two attached hydrogens (primary N) is 4. The minimum Gasteiger partial charge on any atom is -0.494 e. The molecule has 0 heterocycles. The molecule has 0 saturated heterocycles. The van der Waals surface area contributed by atoms with Crippen LogP contribution in [-0.2, 0) is 9.59 Å². The second kappa shape index (κ2) is 29.5. The minimum absolute atomic E-state index is 0.0616. The first-order valence-corrected chi connectivity index (χ1v) is 19.2. The summed E-state index contributed by atoms with van der Waals surface area (Å²) < 4.78 is 11.9. The largest absolute Gasteiger partial charge is 0.494 e. The van der Waals surface area contributed by atoms with Crippen LogP contribution in [0.15, 0.2) is 24.3 Å². The quantitative estimate of drug-likeness (QED) is 0.0703. The molecule has 10 nitrogen and oxygen atoms in total. The Kier molecular flexibility index (Phi) is 26.8. The van der Waals surface area contributed by atoms with Crippen LogP contribution in [0, 0.1) is 0 Å². The van der Waals surface area contributed by atoms with Crippen molar-refractivity contribution in [2.24, 2.45) is 22.9 Å². The molecule has 1 aromatic carbocycles. The lowest BCUT2D eigenvalue weighted by Gasteiger charge is -2.26. The third-order valence-corrected chi connectivity index (χ3v) is 8.77. The topological polar surface area (TPSA) is 163 Å². The monoisotopic (exact) mass is 677 g/mol. The fourth-order valence-corrected chi connectivity index (χ4v) is 5.68. The highest BCUT2D eigenvalue weighted by molar-refractivity contribution is 5.82. The third kappa shape index (κ3) is 20.9. The fraction of sp³-hybridized carbons (Fsp3) is 0.789. The summed E-state index contributed by atoms with van der Waals surface area (Å²) in [7, 11) is 0. The van der Waals surface area contributed by atoms with Crippen LogP contribution in [-0.4, -0.2) is 86.2 Å². The molecular formula is C38H72N6O4. The zero-order valence-corrected chi connectivity index (χ0v) is 30.7. The molecule has 0 unspecified atom stereocenters. The van der Waals surface area contributed by atoms with Crippen LogP contribution in [0.5, 0.6) is 11.5 Å². The lowest BCUT2D eigenvalue weighted by Crippen LogP contribution is -2.44. The lowest BCUT2D eigenvalue weighted by atomic mass is 10.1. The molecule has 1 aromatic rings. The number of unbranched alkanes of at least 4 members (excludes halogenated alkanes) is 10. The number of carbonyl (C=O) groups excluding carboxylic acids is 2. The van der Waals surface area contributed by atoms with Crippen LogP contribution in [0.25, 0.3) is 0 Å². The summed E-state index contributed by atoms with van der Waals surface area (Å²) in [5, 5.41) is 0. The van der Waals surface area contributed by atoms with Gasteiger partial charge in [-0.05, 0) is 102 Å². The number of hydrogen-bond acceptors (Lipinski definition) is 8. The van der Waals surface area contributed by atoms with E-state index in [4.69, 9.17) is 32.4 Å². The predicted octanol–water partition coefficient (Wildman–Crippen LogP) is 5.74. The molecule has 1 rings (SSSR count). The van der Waals surface area contributed by atoms with Crippen molar-refractivity contribution in [3.8, 4) is 11.5 Å². The second-order valence-corrected chi connectivity index (χ2v) is 13.1. The lowest BCUT2D eigenvalue weighted by molar-refractivity contribution is -0.133. The molecule has 0 fully saturated rings. The number of rotatable bonds is 32. The maximum absolute atomic E-state index is 13.0. The molecule has 2 amide bonds. The predicted molar refractivity (Wildman–Crippen MR) is 199 cm³/mol. The molecular weight excluding hydrogens is 604 g/mol. The number of hydrogen-bond donors (Lipinski definition) is 4. The molecule has 48 heavy (non-hydrogen) atoms. The van der Waals surface area contributed by atoms with E-state index in [1.807, 2.05) is 34.1 Å². The first-order chi connectivity index (χ1) is 23.4. The molecule has 278 valence electrons. The van der Waals surface area contributed by atoms with Gasteiger partial charge in [0.05, 0.1) is 25.3 Å². The number of amides is 2. The van der Waals surface area contributed by atoms with Crippen LogP contribution < -0.4 is 32.4 Å². The Bertz CT molecular complexity index is 846. The van der Waals surface area contributed by atoms with Crippen LogP contribution in [0.4, 0.5) is 0 Å². The highest BCUT2D eigenvalue weighted by Gasteiger charge is 2.21. The SMILES string of the molecule is CCCCCCN(CCCCOc1ccc(OCCCCN(CCCCCC)C(=O)[C@@H](N)CCCCN)cc1)C(=O)[C@@H](N)CCCCN. The van der Waals surface area contributed by atoms with Crippen LogP contribution >= 0.6 is 0 Å². The first-order valence-electron chi connectivity index (χ1n) is 19.2. The Morgan fingerprint density at radius 1 is 0.542 bits per heavy atom. The zero-order chi connectivity index (χ0) is 35.2. The standard InChI is InChI=1S/C38H72N6O4/c1-3-5-7-13-27-43(37(45)35(41)19-9-11-25-39)29-15-17-31-47-33-21-23-34(24-22-33)48-32-18-16-30-44(28-14-8-6-4-2)38(46)36(42)20-10-12-26-40/h21-24,35-36H,3-20,25-32,39-42H2,1-2H3/t35-,36-/m0/s1. The first kappa shape index (κ1) is 43.6. The number of ether oxygens (including phenoxy) is 2. The highest BCUT2D eigenvalue weighted by atomic mass is 16.5. The van der Waals surface area contributed by atoms with E-state index in [1.165, 1.54) is 25.7 Å². The van der Waals surface area contributed by atoms with E-state index in [9.17, 15) is 9.59 Å². The van der Waals surface area contributed by atoms with Gasteiger partial charge in [0, 0.05) is 26.2 Å². The Hall–Kier alpha value is -2.40. The van der Waals surface area contributed by atoms with Crippen molar-refractivity contribution in [3.05, 3.63) is 24.3 Å². The molecule has 0 bridgehead atoms. The third-order valence-electron chi connectivity index (χ3n) is 8.77. The number of carbonyl (C=O) groups is 2. The number of benzene rings is 1. The van der Waals surface area contributed by atoms with Crippen molar-refractivity contribution < 1.29 is 19.1 Å². The molecule has 0 aliphatic carbocycles. The van der Waals surface area contributed by atoms with E-state index >= 15 is 0 Å². The summed E-state index contributed by atoms with van der Waals surface area (Å²) in [5.74, 6) is 1.73. The maximum atomic E-state index is 13.0. The van der Waals surface area contributed by atoms with E-state index in [2.05, 4.69) is 13.8 Å². The normalized spacial score (nSPS) is 12.5. The molecule has 0 aliphatic heterocycles. The summed E-state index contributed by atoms with van der Waals surface area (Å²) in [6.45, 7) is 9.78. The molecule has 8 N–H and O–H groups in total. The Balaban J connectivity index is 2.41. The Morgan fingerprint density at radius 3 is 1.23 bits per heavy atom. The molecule has 2 atom stereocenters. The highest BCUT2D eigenvalue weighted by Crippen LogP contribution is 2.19. The fourth-order valence-electron chi connectivity index (χ4n) is 5.68. The van der Waals surface area contributed by atoms with Crippen molar-refractivity contribution in [1.82, 2.24) is 9.80 Å². The summed E-state index contributed by atoms with van der Waals surface area (Å²) in [5.41, 5.74) is 23.7. The van der Waals surface area contributed by atoms with Gasteiger partial charge in [-0.25, -0.2) is 0 Å². The van der Waals surface area contributed by atoms with Crippen LogP contribution in [0.3, 0.4) is 0 Å². The van der Waals surface area contributed by atoms with Gasteiger partial charge in [-0.1, -0.05) is 65.2 Å². The van der Waals surface area contributed by atoms with Gasteiger partial charge in [0.25, 0.3) is 0 Å².